The SMILES string of the molecule is CC(=O)CC(C)(C)N(C)CC(C)C. The molecular formula is C11H23NO. The van der Waals surface area contributed by atoms with E-state index >= 15 is 0 Å². The van der Waals surface area contributed by atoms with Gasteiger partial charge >= 0.3 is 0 Å². The Bertz CT molecular complexity index is 173. The molecule has 0 atom stereocenters. The first-order valence-corrected chi connectivity index (χ1v) is 4.96. The molecule has 0 saturated carbocycles. The van der Waals surface area contributed by atoms with Gasteiger partial charge < -0.3 is 4.90 Å². The van der Waals surface area contributed by atoms with Gasteiger partial charge in [-0.3, -0.25) is 4.79 Å². The number of Topliss-reactive ketones (excluding diaryl/α,β-unsaturated/α-hetero) is 1. The Hall–Kier alpha value is -0.370. The largest absolute Gasteiger partial charge is 0.301 e. The van der Waals surface area contributed by atoms with Crippen LogP contribution >= 0.6 is 0 Å². The molecule has 78 valence electrons. The first-order chi connectivity index (χ1) is 5.75. The van der Waals surface area contributed by atoms with Crippen LogP contribution < -0.4 is 0 Å². The fourth-order valence-electron chi connectivity index (χ4n) is 1.54. The monoisotopic (exact) mass is 185 g/mol. The van der Waals surface area contributed by atoms with Gasteiger partial charge in [0.25, 0.3) is 0 Å². The Balaban J connectivity index is 4.17. The third-order valence-electron chi connectivity index (χ3n) is 2.35. The van der Waals surface area contributed by atoms with Crippen molar-refractivity contribution in [3.63, 3.8) is 0 Å². The summed E-state index contributed by atoms with van der Waals surface area (Å²) in [6.07, 6.45) is 0.635. The summed E-state index contributed by atoms with van der Waals surface area (Å²) in [5.41, 5.74) is -0.00387. The molecule has 0 unspecified atom stereocenters. The van der Waals surface area contributed by atoms with Crippen molar-refractivity contribution in [1.29, 1.82) is 0 Å². The molecule has 2 heteroatoms. The van der Waals surface area contributed by atoms with E-state index in [1.54, 1.807) is 6.92 Å². The van der Waals surface area contributed by atoms with Gasteiger partial charge in [0, 0.05) is 18.5 Å². The fourth-order valence-corrected chi connectivity index (χ4v) is 1.54. The minimum atomic E-state index is -0.00387. The summed E-state index contributed by atoms with van der Waals surface area (Å²) >= 11 is 0. The number of hydrogen-bond acceptors (Lipinski definition) is 2. The molecule has 2 nitrogen and oxygen atoms in total. The second kappa shape index (κ2) is 4.75. The maximum Gasteiger partial charge on any atom is 0.131 e. The number of carbonyl (C=O) groups excluding carboxylic acids is 1. The van der Waals surface area contributed by atoms with Gasteiger partial charge in [-0.15, -0.1) is 0 Å². The van der Waals surface area contributed by atoms with Crippen LogP contribution in [0, 0.1) is 5.92 Å². The van der Waals surface area contributed by atoms with E-state index in [2.05, 4.69) is 39.6 Å². The molecule has 0 spiro atoms. The first kappa shape index (κ1) is 12.6. The van der Waals surface area contributed by atoms with E-state index in [0.29, 0.717) is 12.3 Å². The minimum absolute atomic E-state index is 0.00387. The average molecular weight is 185 g/mol. The van der Waals surface area contributed by atoms with Gasteiger partial charge in [0.15, 0.2) is 0 Å². The number of carbonyl (C=O) groups is 1. The lowest BCUT2D eigenvalue weighted by molar-refractivity contribution is -0.119. The molecule has 0 fully saturated rings. The maximum absolute atomic E-state index is 11.0. The molecule has 13 heavy (non-hydrogen) atoms. The summed E-state index contributed by atoms with van der Waals surface area (Å²) in [6.45, 7) is 11.3. The highest BCUT2D eigenvalue weighted by atomic mass is 16.1. The van der Waals surface area contributed by atoms with Crippen molar-refractivity contribution in [1.82, 2.24) is 4.90 Å². The molecule has 0 rings (SSSR count). The third kappa shape index (κ3) is 5.04. The van der Waals surface area contributed by atoms with Crippen LogP contribution in [0.15, 0.2) is 0 Å². The highest BCUT2D eigenvalue weighted by Gasteiger charge is 2.25. The Labute approximate surface area is 82.3 Å². The van der Waals surface area contributed by atoms with Crippen LogP contribution in [-0.2, 0) is 4.79 Å². The zero-order chi connectivity index (χ0) is 10.6. The van der Waals surface area contributed by atoms with Crippen LogP contribution in [0.4, 0.5) is 0 Å². The van der Waals surface area contributed by atoms with Crippen molar-refractivity contribution in [2.45, 2.75) is 46.6 Å². The maximum atomic E-state index is 11.0. The fraction of sp³-hybridized carbons (Fsp3) is 0.909. The number of ketones is 1. The molecule has 0 aromatic carbocycles. The van der Waals surface area contributed by atoms with Crippen molar-refractivity contribution < 1.29 is 4.79 Å². The number of nitrogens with zero attached hydrogens (tertiary/aromatic N) is 1. The summed E-state index contributed by atoms with van der Waals surface area (Å²) in [5.74, 6) is 0.914. The topological polar surface area (TPSA) is 20.3 Å². The van der Waals surface area contributed by atoms with Gasteiger partial charge in [-0.1, -0.05) is 13.8 Å². The molecule has 0 amide bonds. The molecule has 0 heterocycles. The van der Waals surface area contributed by atoms with E-state index in [1.165, 1.54) is 0 Å². The molecule has 0 aliphatic carbocycles. The lowest BCUT2D eigenvalue weighted by Gasteiger charge is -2.36. The lowest BCUT2D eigenvalue weighted by atomic mass is 9.95. The average Bonchev–Trinajstić information content (AvgIpc) is 1.81. The van der Waals surface area contributed by atoms with Gasteiger partial charge in [0.2, 0.25) is 0 Å². The van der Waals surface area contributed by atoms with Crippen molar-refractivity contribution in [3.8, 4) is 0 Å². The van der Waals surface area contributed by atoms with E-state index in [0.717, 1.165) is 6.54 Å². The van der Waals surface area contributed by atoms with Crippen LogP contribution in [0.1, 0.15) is 41.0 Å². The highest BCUT2D eigenvalue weighted by Crippen LogP contribution is 2.18. The summed E-state index contributed by atoms with van der Waals surface area (Å²) < 4.78 is 0. The van der Waals surface area contributed by atoms with Crippen molar-refractivity contribution in [2.24, 2.45) is 5.92 Å². The van der Waals surface area contributed by atoms with Crippen molar-refractivity contribution >= 4 is 5.78 Å². The van der Waals surface area contributed by atoms with Gasteiger partial charge in [0.1, 0.15) is 5.78 Å². The van der Waals surface area contributed by atoms with Crippen molar-refractivity contribution in [3.05, 3.63) is 0 Å². The Morgan fingerprint density at radius 3 is 2.15 bits per heavy atom. The molecule has 0 radical (unpaired) electrons. The van der Waals surface area contributed by atoms with Gasteiger partial charge in [-0.05, 0) is 33.7 Å². The molecule has 0 bridgehead atoms. The predicted octanol–water partition coefficient (Wildman–Crippen LogP) is 2.33. The van der Waals surface area contributed by atoms with Crippen LogP contribution in [0.2, 0.25) is 0 Å². The van der Waals surface area contributed by atoms with E-state index in [4.69, 9.17) is 0 Å². The summed E-state index contributed by atoms with van der Waals surface area (Å²) in [6, 6.07) is 0. The van der Waals surface area contributed by atoms with Gasteiger partial charge in [-0.25, -0.2) is 0 Å². The smallest absolute Gasteiger partial charge is 0.131 e. The van der Waals surface area contributed by atoms with E-state index in [9.17, 15) is 4.79 Å². The normalized spacial score (nSPS) is 12.6. The Morgan fingerprint density at radius 2 is 1.85 bits per heavy atom. The summed E-state index contributed by atoms with van der Waals surface area (Å²) in [7, 11) is 2.09. The van der Waals surface area contributed by atoms with Gasteiger partial charge in [-0.2, -0.15) is 0 Å². The number of hydrogen-bond donors (Lipinski definition) is 0. The zero-order valence-corrected chi connectivity index (χ0v) is 9.85. The molecule has 0 N–H and O–H groups in total. The second-order valence-corrected chi connectivity index (χ2v) is 4.97. The second-order valence-electron chi connectivity index (χ2n) is 4.97. The summed E-state index contributed by atoms with van der Waals surface area (Å²) in [5, 5.41) is 0. The van der Waals surface area contributed by atoms with E-state index < -0.39 is 0 Å². The first-order valence-electron chi connectivity index (χ1n) is 4.96. The molecule has 0 aliphatic heterocycles. The highest BCUT2D eigenvalue weighted by molar-refractivity contribution is 5.76. The quantitative estimate of drug-likeness (QED) is 0.655. The molecule has 0 saturated heterocycles. The van der Waals surface area contributed by atoms with Crippen LogP contribution in [-0.4, -0.2) is 29.8 Å². The zero-order valence-electron chi connectivity index (χ0n) is 9.85. The summed E-state index contributed by atoms with van der Waals surface area (Å²) in [4.78, 5) is 13.3. The Morgan fingerprint density at radius 1 is 1.38 bits per heavy atom. The molecular weight excluding hydrogens is 162 g/mol. The molecule has 0 aromatic rings. The van der Waals surface area contributed by atoms with Gasteiger partial charge in [0.05, 0.1) is 0 Å². The van der Waals surface area contributed by atoms with Crippen LogP contribution in [0.5, 0.6) is 0 Å². The number of rotatable bonds is 5. The van der Waals surface area contributed by atoms with Crippen LogP contribution in [0.3, 0.4) is 0 Å². The molecule has 0 aliphatic rings. The predicted molar refractivity (Wildman–Crippen MR) is 56.8 cm³/mol. The van der Waals surface area contributed by atoms with Crippen molar-refractivity contribution in [2.75, 3.05) is 13.6 Å². The third-order valence-corrected chi connectivity index (χ3v) is 2.35. The Kier molecular flexibility index (Phi) is 4.62. The van der Waals surface area contributed by atoms with E-state index in [1.807, 2.05) is 0 Å². The minimum Gasteiger partial charge on any atom is -0.301 e. The standard InChI is InChI=1S/C11H23NO/c1-9(2)8-12(6)11(4,5)7-10(3)13/h9H,7-8H2,1-6H3. The van der Waals surface area contributed by atoms with E-state index in [-0.39, 0.29) is 11.3 Å². The molecule has 0 aromatic heterocycles. The van der Waals surface area contributed by atoms with Crippen LogP contribution in [0.25, 0.3) is 0 Å². The lowest BCUT2D eigenvalue weighted by Crippen LogP contribution is -2.44.